The van der Waals surface area contributed by atoms with E-state index in [9.17, 15) is 18.4 Å². The lowest BCUT2D eigenvalue weighted by molar-refractivity contribution is 0.0994. The van der Waals surface area contributed by atoms with Gasteiger partial charge in [-0.15, -0.1) is 0 Å². The quantitative estimate of drug-likeness (QED) is 0.647. The molecule has 0 fully saturated rings. The molecule has 0 saturated carbocycles. The number of halogens is 3. The lowest BCUT2D eigenvalue weighted by Gasteiger charge is -2.09. The van der Waals surface area contributed by atoms with Crippen molar-refractivity contribution in [2.45, 2.75) is 0 Å². The molecular weight excluding hydrogens is 366 g/mol. The number of carbonyl (C=O) groups is 2. The Balaban J connectivity index is 1.68. The van der Waals surface area contributed by atoms with E-state index in [0.29, 0.717) is 11.4 Å². The fourth-order valence-electron chi connectivity index (χ4n) is 2.13. The van der Waals surface area contributed by atoms with Crippen molar-refractivity contribution in [1.29, 1.82) is 0 Å². The Bertz CT molecular complexity index is 957. The summed E-state index contributed by atoms with van der Waals surface area (Å²) in [7, 11) is 0. The normalized spacial score (nSPS) is 10.4. The first kappa shape index (κ1) is 17.6. The molecule has 5 nitrogen and oxygen atoms in total. The lowest BCUT2D eigenvalue weighted by Crippen LogP contribution is -2.14. The number of carbonyl (C=O) groups excluding carboxylic acids is 2. The van der Waals surface area contributed by atoms with E-state index in [1.807, 2.05) is 0 Å². The maximum atomic E-state index is 13.3. The van der Waals surface area contributed by atoms with Crippen LogP contribution >= 0.6 is 11.6 Å². The minimum Gasteiger partial charge on any atom is -0.459 e. The van der Waals surface area contributed by atoms with E-state index >= 15 is 0 Å². The van der Waals surface area contributed by atoms with E-state index in [1.54, 1.807) is 18.2 Å². The van der Waals surface area contributed by atoms with Crippen LogP contribution in [0.25, 0.3) is 0 Å². The second kappa shape index (κ2) is 7.37. The summed E-state index contributed by atoms with van der Waals surface area (Å²) in [6.07, 6.45) is 1.39. The molecule has 0 atom stereocenters. The zero-order valence-corrected chi connectivity index (χ0v) is 13.8. The van der Waals surface area contributed by atoms with Crippen LogP contribution in [0.3, 0.4) is 0 Å². The van der Waals surface area contributed by atoms with Gasteiger partial charge in [0.2, 0.25) is 0 Å². The molecule has 26 heavy (non-hydrogen) atoms. The molecule has 2 amide bonds. The molecule has 0 radical (unpaired) electrons. The number of benzene rings is 2. The molecule has 0 spiro atoms. The summed E-state index contributed by atoms with van der Waals surface area (Å²) in [5, 5.41) is 4.93. The van der Waals surface area contributed by atoms with Crippen molar-refractivity contribution in [2.24, 2.45) is 0 Å². The minimum atomic E-state index is -1.17. The van der Waals surface area contributed by atoms with Crippen molar-refractivity contribution in [3.05, 3.63) is 82.8 Å². The zero-order valence-electron chi connectivity index (χ0n) is 13.1. The molecule has 0 bridgehead atoms. The van der Waals surface area contributed by atoms with E-state index in [-0.39, 0.29) is 16.3 Å². The highest BCUT2D eigenvalue weighted by atomic mass is 35.5. The van der Waals surface area contributed by atoms with E-state index < -0.39 is 23.4 Å². The Kier molecular flexibility index (Phi) is 4.99. The third-order valence-corrected chi connectivity index (χ3v) is 3.71. The largest absolute Gasteiger partial charge is 0.459 e. The average Bonchev–Trinajstić information content (AvgIpc) is 3.14. The summed E-state index contributed by atoms with van der Waals surface area (Å²) >= 11 is 5.77. The summed E-state index contributed by atoms with van der Waals surface area (Å²) in [5.74, 6) is -3.25. The summed E-state index contributed by atoms with van der Waals surface area (Å²) < 4.78 is 31.3. The van der Waals surface area contributed by atoms with Gasteiger partial charge in [-0.05, 0) is 48.5 Å². The highest BCUT2D eigenvalue weighted by Crippen LogP contribution is 2.22. The number of nitrogens with one attached hydrogen (secondary N) is 2. The predicted molar refractivity (Wildman–Crippen MR) is 92.4 cm³/mol. The third-order valence-electron chi connectivity index (χ3n) is 3.40. The maximum Gasteiger partial charge on any atom is 0.291 e. The van der Waals surface area contributed by atoms with Crippen molar-refractivity contribution < 1.29 is 22.8 Å². The maximum absolute atomic E-state index is 13.3. The van der Waals surface area contributed by atoms with Crippen molar-refractivity contribution >= 4 is 34.8 Å². The highest BCUT2D eigenvalue weighted by Gasteiger charge is 2.15. The Hall–Kier alpha value is -3.19. The zero-order chi connectivity index (χ0) is 18.7. The molecule has 3 rings (SSSR count). The predicted octanol–water partition coefficient (Wildman–Crippen LogP) is 4.72. The van der Waals surface area contributed by atoms with Gasteiger partial charge in [0.25, 0.3) is 11.8 Å². The second-order valence-electron chi connectivity index (χ2n) is 5.21. The topological polar surface area (TPSA) is 71.3 Å². The van der Waals surface area contributed by atoms with Crippen LogP contribution in [0.4, 0.5) is 20.2 Å². The Morgan fingerprint density at radius 3 is 2.04 bits per heavy atom. The van der Waals surface area contributed by atoms with E-state index in [4.69, 9.17) is 16.0 Å². The number of rotatable bonds is 4. The van der Waals surface area contributed by atoms with Crippen LogP contribution in [0.5, 0.6) is 0 Å². The SMILES string of the molecule is O=C(Nc1ccc(NC(=O)c2cc(F)c(F)cc2Cl)cc1)c1ccco1. The first-order chi connectivity index (χ1) is 12.4. The van der Waals surface area contributed by atoms with Crippen molar-refractivity contribution in [3.63, 3.8) is 0 Å². The van der Waals surface area contributed by atoms with Crippen LogP contribution in [-0.2, 0) is 0 Å². The monoisotopic (exact) mass is 376 g/mol. The standard InChI is InChI=1S/C18H11ClF2N2O3/c19-13-9-15(21)14(20)8-12(13)17(24)22-10-3-5-11(6-4-10)23-18(25)16-2-1-7-26-16/h1-9H,(H,22,24)(H,23,25). The van der Waals surface area contributed by atoms with Crippen LogP contribution in [0.15, 0.2) is 59.2 Å². The summed E-state index contributed by atoms with van der Waals surface area (Å²) in [6.45, 7) is 0. The minimum absolute atomic E-state index is 0.162. The molecule has 2 aromatic carbocycles. The van der Waals surface area contributed by atoms with Crippen LogP contribution in [0.1, 0.15) is 20.9 Å². The Morgan fingerprint density at radius 1 is 0.885 bits per heavy atom. The number of hydrogen-bond acceptors (Lipinski definition) is 3. The van der Waals surface area contributed by atoms with Gasteiger partial charge in [-0.25, -0.2) is 8.78 Å². The molecule has 132 valence electrons. The van der Waals surface area contributed by atoms with Crippen molar-refractivity contribution in [1.82, 2.24) is 0 Å². The van der Waals surface area contributed by atoms with Gasteiger partial charge in [0.15, 0.2) is 17.4 Å². The molecule has 0 saturated heterocycles. The molecule has 1 aromatic heterocycles. The number of anilines is 2. The van der Waals surface area contributed by atoms with Crippen LogP contribution in [0.2, 0.25) is 5.02 Å². The van der Waals surface area contributed by atoms with Gasteiger partial charge in [-0.3, -0.25) is 9.59 Å². The molecule has 3 aromatic rings. The molecule has 0 unspecified atom stereocenters. The average molecular weight is 377 g/mol. The molecule has 0 aliphatic rings. The molecule has 2 N–H and O–H groups in total. The van der Waals surface area contributed by atoms with Gasteiger partial charge in [-0.1, -0.05) is 11.6 Å². The number of amides is 2. The molecule has 0 aliphatic carbocycles. The van der Waals surface area contributed by atoms with Gasteiger partial charge in [-0.2, -0.15) is 0 Å². The Morgan fingerprint density at radius 2 is 1.46 bits per heavy atom. The first-order valence-corrected chi connectivity index (χ1v) is 7.72. The molecule has 1 heterocycles. The van der Waals surface area contributed by atoms with Gasteiger partial charge in [0.1, 0.15) is 0 Å². The van der Waals surface area contributed by atoms with Crippen LogP contribution in [0, 0.1) is 11.6 Å². The molecule has 0 aliphatic heterocycles. The van der Waals surface area contributed by atoms with Crippen molar-refractivity contribution in [2.75, 3.05) is 10.6 Å². The summed E-state index contributed by atoms with van der Waals surface area (Å²) in [4.78, 5) is 24.0. The smallest absolute Gasteiger partial charge is 0.291 e. The van der Waals surface area contributed by atoms with Crippen LogP contribution in [-0.4, -0.2) is 11.8 Å². The lowest BCUT2D eigenvalue weighted by atomic mass is 10.2. The number of furan rings is 1. The van der Waals surface area contributed by atoms with E-state index in [0.717, 1.165) is 12.1 Å². The summed E-state index contributed by atoms with van der Waals surface area (Å²) in [6, 6.07) is 10.8. The van der Waals surface area contributed by atoms with Gasteiger partial charge in [0, 0.05) is 11.4 Å². The fourth-order valence-corrected chi connectivity index (χ4v) is 2.37. The van der Waals surface area contributed by atoms with Crippen molar-refractivity contribution in [3.8, 4) is 0 Å². The highest BCUT2D eigenvalue weighted by molar-refractivity contribution is 6.34. The first-order valence-electron chi connectivity index (χ1n) is 7.35. The second-order valence-corrected chi connectivity index (χ2v) is 5.62. The fraction of sp³-hybridized carbons (Fsp3) is 0. The van der Waals surface area contributed by atoms with E-state index in [1.165, 1.54) is 24.5 Å². The van der Waals surface area contributed by atoms with Gasteiger partial charge in [0.05, 0.1) is 16.8 Å². The third kappa shape index (κ3) is 3.89. The summed E-state index contributed by atoms with van der Waals surface area (Å²) in [5.41, 5.74) is 0.669. The van der Waals surface area contributed by atoms with E-state index in [2.05, 4.69) is 10.6 Å². The number of hydrogen-bond donors (Lipinski definition) is 2. The molecule has 8 heteroatoms. The van der Waals surface area contributed by atoms with Crippen LogP contribution < -0.4 is 10.6 Å². The van der Waals surface area contributed by atoms with Gasteiger partial charge < -0.3 is 15.1 Å². The molecular formula is C18H11ClF2N2O3. The Labute approximate surface area is 151 Å². The van der Waals surface area contributed by atoms with Gasteiger partial charge >= 0.3 is 0 Å².